The first kappa shape index (κ1) is 18.1. The highest BCUT2D eigenvalue weighted by Crippen LogP contribution is 2.13. The number of hydrogen-bond acceptors (Lipinski definition) is 5. The molecule has 0 spiro atoms. The van der Waals surface area contributed by atoms with Crippen LogP contribution in [0.4, 0.5) is 0 Å². The number of nitrogens with zero attached hydrogens (tertiary/aromatic N) is 3. The summed E-state index contributed by atoms with van der Waals surface area (Å²) in [6, 6.07) is 17.6. The zero-order chi connectivity index (χ0) is 18.4. The second-order valence-corrected chi connectivity index (χ2v) is 6.55. The fraction of sp³-hybridized carbons (Fsp3) is 0.333. The molecule has 134 valence electrons. The Morgan fingerprint density at radius 1 is 0.923 bits per heavy atom. The van der Waals surface area contributed by atoms with E-state index in [-0.39, 0.29) is 5.97 Å². The second-order valence-electron chi connectivity index (χ2n) is 6.55. The predicted molar refractivity (Wildman–Crippen MR) is 99.5 cm³/mol. The molecule has 3 rings (SSSR count). The molecular formula is C21H23N3O2. The van der Waals surface area contributed by atoms with Crippen molar-refractivity contribution in [1.29, 1.82) is 5.26 Å². The summed E-state index contributed by atoms with van der Waals surface area (Å²) >= 11 is 0. The van der Waals surface area contributed by atoms with Crippen LogP contribution in [0.15, 0.2) is 48.5 Å². The van der Waals surface area contributed by atoms with E-state index in [1.165, 1.54) is 18.2 Å². The molecule has 1 saturated heterocycles. The fourth-order valence-corrected chi connectivity index (χ4v) is 3.17. The first-order valence-electron chi connectivity index (χ1n) is 8.79. The molecule has 1 fully saturated rings. The van der Waals surface area contributed by atoms with E-state index in [9.17, 15) is 4.79 Å². The molecule has 26 heavy (non-hydrogen) atoms. The number of benzene rings is 2. The highest BCUT2D eigenvalue weighted by Gasteiger charge is 2.17. The molecule has 2 aromatic carbocycles. The summed E-state index contributed by atoms with van der Waals surface area (Å²) in [5.74, 6) is -0.298. The van der Waals surface area contributed by atoms with Crippen LogP contribution in [0.1, 0.15) is 27.0 Å². The van der Waals surface area contributed by atoms with Gasteiger partial charge in [0.1, 0.15) is 0 Å². The Balaban J connectivity index is 1.47. The van der Waals surface area contributed by atoms with E-state index < -0.39 is 0 Å². The van der Waals surface area contributed by atoms with Gasteiger partial charge in [-0.15, -0.1) is 0 Å². The molecule has 0 atom stereocenters. The number of hydrogen-bond donors (Lipinski definition) is 0. The van der Waals surface area contributed by atoms with Crippen LogP contribution in [0.2, 0.25) is 0 Å². The highest BCUT2D eigenvalue weighted by molar-refractivity contribution is 5.89. The van der Waals surface area contributed by atoms with Crippen LogP contribution in [0.5, 0.6) is 0 Å². The van der Waals surface area contributed by atoms with Crippen molar-refractivity contribution in [3.8, 4) is 6.07 Å². The van der Waals surface area contributed by atoms with Gasteiger partial charge in [0.2, 0.25) is 0 Å². The van der Waals surface area contributed by atoms with Crippen molar-refractivity contribution in [2.75, 3.05) is 33.3 Å². The van der Waals surface area contributed by atoms with Crippen LogP contribution < -0.4 is 0 Å². The fourth-order valence-electron chi connectivity index (χ4n) is 3.17. The second kappa shape index (κ2) is 8.61. The molecular weight excluding hydrogens is 326 g/mol. The summed E-state index contributed by atoms with van der Waals surface area (Å²) < 4.78 is 4.73. The summed E-state index contributed by atoms with van der Waals surface area (Å²) in [6.45, 7) is 5.92. The SMILES string of the molecule is COC(=O)c1ccc(CN2CCN(Cc3ccc(C#N)cc3)CC2)cc1. The Labute approximate surface area is 154 Å². The summed E-state index contributed by atoms with van der Waals surface area (Å²) in [7, 11) is 1.40. The number of rotatable bonds is 5. The van der Waals surface area contributed by atoms with E-state index in [0.717, 1.165) is 39.3 Å². The molecule has 0 unspecified atom stereocenters. The Bertz CT molecular complexity index is 770. The smallest absolute Gasteiger partial charge is 0.337 e. The molecule has 0 bridgehead atoms. The molecule has 0 aliphatic carbocycles. The van der Waals surface area contributed by atoms with Gasteiger partial charge in [-0.05, 0) is 35.4 Å². The molecule has 5 nitrogen and oxygen atoms in total. The standard InChI is InChI=1S/C21H23N3O2/c1-26-21(25)20-8-6-19(7-9-20)16-24-12-10-23(11-13-24)15-18-4-2-17(14-22)3-5-18/h2-9H,10-13,15-16H2,1H3. The third-order valence-electron chi connectivity index (χ3n) is 4.74. The van der Waals surface area contributed by atoms with Crippen LogP contribution in [0.3, 0.4) is 0 Å². The predicted octanol–water partition coefficient (Wildman–Crippen LogP) is 2.66. The number of carbonyl (C=O) groups is 1. The zero-order valence-corrected chi connectivity index (χ0v) is 15.0. The van der Waals surface area contributed by atoms with Gasteiger partial charge in [0.15, 0.2) is 0 Å². The number of carbonyl (C=O) groups excluding carboxylic acids is 1. The van der Waals surface area contributed by atoms with Crippen molar-refractivity contribution in [3.05, 3.63) is 70.8 Å². The summed E-state index contributed by atoms with van der Waals surface area (Å²) in [5.41, 5.74) is 3.74. The van der Waals surface area contributed by atoms with Gasteiger partial charge >= 0.3 is 5.97 Å². The van der Waals surface area contributed by atoms with Gasteiger partial charge in [-0.25, -0.2) is 4.79 Å². The van der Waals surface area contributed by atoms with E-state index in [0.29, 0.717) is 11.1 Å². The minimum absolute atomic E-state index is 0.298. The number of piperazine rings is 1. The number of nitriles is 1. The van der Waals surface area contributed by atoms with Gasteiger partial charge in [0.25, 0.3) is 0 Å². The van der Waals surface area contributed by atoms with Gasteiger partial charge in [0.05, 0.1) is 24.3 Å². The first-order valence-corrected chi connectivity index (χ1v) is 8.79. The Morgan fingerprint density at radius 3 is 1.81 bits per heavy atom. The lowest BCUT2D eigenvalue weighted by Crippen LogP contribution is -2.45. The molecule has 0 N–H and O–H groups in total. The van der Waals surface area contributed by atoms with E-state index >= 15 is 0 Å². The third-order valence-corrected chi connectivity index (χ3v) is 4.74. The van der Waals surface area contributed by atoms with Crippen LogP contribution in [-0.4, -0.2) is 49.1 Å². The quantitative estimate of drug-likeness (QED) is 0.777. The average molecular weight is 349 g/mol. The molecule has 0 saturated carbocycles. The van der Waals surface area contributed by atoms with Gasteiger partial charge in [-0.1, -0.05) is 24.3 Å². The molecule has 1 heterocycles. The van der Waals surface area contributed by atoms with E-state index in [1.54, 1.807) is 0 Å². The minimum Gasteiger partial charge on any atom is -0.465 e. The topological polar surface area (TPSA) is 56.6 Å². The maximum absolute atomic E-state index is 11.5. The van der Waals surface area contributed by atoms with Crippen molar-refractivity contribution < 1.29 is 9.53 Å². The summed E-state index contributed by atoms with van der Waals surface area (Å²) in [6.07, 6.45) is 0. The maximum Gasteiger partial charge on any atom is 0.337 e. The molecule has 1 aliphatic rings. The average Bonchev–Trinajstić information content (AvgIpc) is 2.70. The number of ether oxygens (including phenoxy) is 1. The highest BCUT2D eigenvalue weighted by atomic mass is 16.5. The Morgan fingerprint density at radius 2 is 1.38 bits per heavy atom. The zero-order valence-electron chi connectivity index (χ0n) is 15.0. The lowest BCUT2D eigenvalue weighted by atomic mass is 10.1. The Hall–Kier alpha value is -2.68. The molecule has 1 aliphatic heterocycles. The van der Waals surface area contributed by atoms with Crippen LogP contribution >= 0.6 is 0 Å². The van der Waals surface area contributed by atoms with Crippen molar-refractivity contribution >= 4 is 5.97 Å². The summed E-state index contributed by atoms with van der Waals surface area (Å²) in [5, 5.41) is 8.87. The molecule has 0 amide bonds. The lowest BCUT2D eigenvalue weighted by molar-refractivity contribution is 0.0600. The van der Waals surface area contributed by atoms with Gasteiger partial charge < -0.3 is 4.74 Å². The molecule has 2 aromatic rings. The summed E-state index contributed by atoms with van der Waals surface area (Å²) in [4.78, 5) is 16.4. The molecule has 5 heteroatoms. The number of esters is 1. The normalized spacial score (nSPS) is 15.4. The van der Waals surface area contributed by atoms with Gasteiger partial charge in [-0.2, -0.15) is 5.26 Å². The molecule has 0 radical (unpaired) electrons. The minimum atomic E-state index is -0.298. The lowest BCUT2D eigenvalue weighted by Gasteiger charge is -2.34. The van der Waals surface area contributed by atoms with Crippen LogP contribution in [-0.2, 0) is 17.8 Å². The van der Waals surface area contributed by atoms with Crippen LogP contribution in [0.25, 0.3) is 0 Å². The van der Waals surface area contributed by atoms with Crippen molar-refractivity contribution in [2.24, 2.45) is 0 Å². The monoisotopic (exact) mass is 349 g/mol. The maximum atomic E-state index is 11.5. The van der Waals surface area contributed by atoms with Gasteiger partial charge in [0, 0.05) is 39.3 Å². The van der Waals surface area contributed by atoms with Crippen molar-refractivity contribution in [1.82, 2.24) is 9.80 Å². The molecule has 0 aromatic heterocycles. The van der Waals surface area contributed by atoms with E-state index in [4.69, 9.17) is 10.00 Å². The van der Waals surface area contributed by atoms with Gasteiger partial charge in [-0.3, -0.25) is 9.80 Å². The van der Waals surface area contributed by atoms with Crippen molar-refractivity contribution in [2.45, 2.75) is 13.1 Å². The third kappa shape index (κ3) is 4.69. The van der Waals surface area contributed by atoms with Crippen LogP contribution in [0, 0.1) is 11.3 Å². The van der Waals surface area contributed by atoms with E-state index in [1.807, 2.05) is 48.5 Å². The van der Waals surface area contributed by atoms with E-state index in [2.05, 4.69) is 15.9 Å². The number of methoxy groups -OCH3 is 1. The largest absolute Gasteiger partial charge is 0.465 e. The Kier molecular flexibility index (Phi) is 6.00. The van der Waals surface area contributed by atoms with Crippen molar-refractivity contribution in [3.63, 3.8) is 0 Å². The first-order chi connectivity index (χ1) is 12.7.